The fourth-order valence-corrected chi connectivity index (χ4v) is 4.66. The molecule has 0 heterocycles. The highest BCUT2D eigenvalue weighted by Crippen LogP contribution is 2.30. The summed E-state index contributed by atoms with van der Waals surface area (Å²) in [4.78, 5) is 12.2. The van der Waals surface area contributed by atoms with E-state index in [2.05, 4.69) is 6.92 Å². The van der Waals surface area contributed by atoms with Gasteiger partial charge in [-0.2, -0.15) is 0 Å². The molecule has 0 saturated carbocycles. The molecule has 116 valence electrons. The summed E-state index contributed by atoms with van der Waals surface area (Å²) in [5.41, 5.74) is 0.706. The van der Waals surface area contributed by atoms with Crippen molar-refractivity contribution in [2.75, 3.05) is 12.4 Å². The predicted molar refractivity (Wildman–Crippen MR) is 98.8 cm³/mol. The van der Waals surface area contributed by atoms with E-state index in [9.17, 15) is 4.79 Å². The Morgan fingerprint density at radius 1 is 1.33 bits per heavy atom. The largest absolute Gasteiger partial charge is 0.479 e. The van der Waals surface area contributed by atoms with Gasteiger partial charge in [0.05, 0.1) is 11.2 Å². The molecule has 21 heavy (non-hydrogen) atoms. The van der Waals surface area contributed by atoms with Crippen molar-refractivity contribution in [3.63, 3.8) is 0 Å². The first-order valence-corrected chi connectivity index (χ1v) is 9.52. The van der Waals surface area contributed by atoms with Crippen molar-refractivity contribution in [1.29, 1.82) is 0 Å². The van der Waals surface area contributed by atoms with Crippen molar-refractivity contribution >= 4 is 57.5 Å². The maximum atomic E-state index is 12.2. The second kappa shape index (κ2) is 10.5. The lowest BCUT2D eigenvalue weighted by Gasteiger charge is -2.15. The molecule has 0 radical (unpaired) electrons. The maximum Gasteiger partial charge on any atom is 0.221 e. The van der Waals surface area contributed by atoms with Crippen LogP contribution in [0.1, 0.15) is 37.0 Å². The van der Waals surface area contributed by atoms with Gasteiger partial charge in [-0.1, -0.05) is 30.3 Å². The van der Waals surface area contributed by atoms with Gasteiger partial charge in [0.1, 0.15) is 0 Å². The fourth-order valence-electron chi connectivity index (χ4n) is 1.65. The molecule has 0 aromatic heterocycles. The maximum absolute atomic E-state index is 12.2. The summed E-state index contributed by atoms with van der Waals surface area (Å²) in [6.07, 6.45) is 1.28. The summed E-state index contributed by atoms with van der Waals surface area (Å²) in [6, 6.07) is 7.02. The van der Waals surface area contributed by atoms with E-state index in [0.29, 0.717) is 28.0 Å². The van der Waals surface area contributed by atoms with E-state index >= 15 is 0 Å². The highest BCUT2D eigenvalue weighted by atomic mass is 35.5. The Labute approximate surface area is 145 Å². The number of Topliss-reactive ketones (excluding diaryl/α,β-unsaturated/α-hetero) is 1. The smallest absolute Gasteiger partial charge is 0.221 e. The number of carbonyl (C=O) groups is 1. The number of ketones is 1. The Balaban J connectivity index is 2.50. The third kappa shape index (κ3) is 7.54. The number of rotatable bonds is 8. The molecule has 0 saturated heterocycles. The molecule has 0 N–H and O–H groups in total. The zero-order valence-corrected chi connectivity index (χ0v) is 15.3. The van der Waals surface area contributed by atoms with Crippen molar-refractivity contribution in [1.82, 2.24) is 0 Å². The second-order valence-electron chi connectivity index (χ2n) is 4.15. The third-order valence-electron chi connectivity index (χ3n) is 2.62. The molecule has 6 heteroatoms. The number of thioether (sulfide) groups is 2. The van der Waals surface area contributed by atoms with Crippen LogP contribution < -0.4 is 0 Å². The van der Waals surface area contributed by atoms with Crippen LogP contribution in [0.4, 0.5) is 0 Å². The van der Waals surface area contributed by atoms with Crippen molar-refractivity contribution < 1.29 is 9.53 Å². The van der Waals surface area contributed by atoms with Crippen LogP contribution in [0.2, 0.25) is 5.02 Å². The molecule has 0 amide bonds. The van der Waals surface area contributed by atoms with Crippen LogP contribution in [0.25, 0.3) is 0 Å². The highest BCUT2D eigenvalue weighted by molar-refractivity contribution is 8.30. The summed E-state index contributed by atoms with van der Waals surface area (Å²) in [5.74, 6) is 1.12. The Morgan fingerprint density at radius 2 is 2.00 bits per heavy atom. The van der Waals surface area contributed by atoms with E-state index in [1.807, 2.05) is 6.92 Å². The van der Waals surface area contributed by atoms with Gasteiger partial charge in [0.15, 0.2) is 5.78 Å². The molecule has 1 unspecified atom stereocenters. The van der Waals surface area contributed by atoms with E-state index in [4.69, 9.17) is 28.6 Å². The zero-order chi connectivity index (χ0) is 15.7. The van der Waals surface area contributed by atoms with Gasteiger partial charge in [0.25, 0.3) is 0 Å². The lowest BCUT2D eigenvalue weighted by molar-refractivity contribution is 0.0981. The third-order valence-corrected chi connectivity index (χ3v) is 5.72. The Hall–Kier alpha value is -0.230. The van der Waals surface area contributed by atoms with Gasteiger partial charge in [-0.25, -0.2) is 0 Å². The number of halogens is 1. The minimum Gasteiger partial charge on any atom is -0.479 e. The molecular formula is C15H19ClO2S3. The molecule has 0 aliphatic carbocycles. The van der Waals surface area contributed by atoms with Crippen LogP contribution in [0.15, 0.2) is 24.3 Å². The summed E-state index contributed by atoms with van der Waals surface area (Å²) >= 11 is 14.3. The van der Waals surface area contributed by atoms with Crippen LogP contribution >= 0.6 is 47.3 Å². The summed E-state index contributed by atoms with van der Waals surface area (Å²) in [5, 5.41) is 0.642. The van der Waals surface area contributed by atoms with E-state index < -0.39 is 0 Å². The summed E-state index contributed by atoms with van der Waals surface area (Å²) in [7, 11) is 0. The fraction of sp³-hybridized carbons (Fsp3) is 0.467. The molecule has 1 atom stereocenters. The SMILES string of the molecule is CCOC(=S)SC(CCC(=O)c1ccc(Cl)cc1)SCC. The minimum atomic E-state index is 0.135. The number of benzene rings is 1. The summed E-state index contributed by atoms with van der Waals surface area (Å²) < 4.78 is 6.12. The standard InChI is InChI=1S/C15H19ClO2S3/c1-3-18-15(19)21-14(20-4-2)10-9-13(17)11-5-7-12(16)8-6-11/h5-8,14H,3-4,9-10H2,1-2H3. The zero-order valence-electron chi connectivity index (χ0n) is 12.1. The van der Waals surface area contributed by atoms with Crippen molar-refractivity contribution in [3.8, 4) is 0 Å². The van der Waals surface area contributed by atoms with Crippen molar-refractivity contribution in [2.24, 2.45) is 0 Å². The van der Waals surface area contributed by atoms with Gasteiger partial charge in [0.2, 0.25) is 4.38 Å². The van der Waals surface area contributed by atoms with Crippen LogP contribution in [-0.4, -0.2) is 27.1 Å². The molecular weight excluding hydrogens is 344 g/mol. The lowest BCUT2D eigenvalue weighted by atomic mass is 10.1. The van der Waals surface area contributed by atoms with E-state index in [1.165, 1.54) is 11.8 Å². The number of thiocarbonyl (C=S) groups is 1. The quantitative estimate of drug-likeness (QED) is 0.348. The van der Waals surface area contributed by atoms with Crippen molar-refractivity contribution in [3.05, 3.63) is 34.9 Å². The molecule has 1 aromatic carbocycles. The van der Waals surface area contributed by atoms with Crippen LogP contribution in [0, 0.1) is 0 Å². The topological polar surface area (TPSA) is 26.3 Å². The van der Waals surface area contributed by atoms with Gasteiger partial charge in [0, 0.05) is 17.0 Å². The molecule has 0 spiro atoms. The summed E-state index contributed by atoms with van der Waals surface area (Å²) in [6.45, 7) is 4.60. The average Bonchev–Trinajstić information content (AvgIpc) is 2.45. The molecule has 0 aliphatic heterocycles. The first-order valence-electron chi connectivity index (χ1n) is 6.80. The molecule has 0 bridgehead atoms. The van der Waals surface area contributed by atoms with Crippen molar-refractivity contribution in [2.45, 2.75) is 31.3 Å². The average molecular weight is 363 g/mol. The molecule has 2 nitrogen and oxygen atoms in total. The Morgan fingerprint density at radius 3 is 2.57 bits per heavy atom. The molecule has 0 aliphatic rings. The highest BCUT2D eigenvalue weighted by Gasteiger charge is 2.15. The van der Waals surface area contributed by atoms with E-state index in [-0.39, 0.29) is 10.4 Å². The molecule has 1 aromatic rings. The van der Waals surface area contributed by atoms with Gasteiger partial charge < -0.3 is 4.74 Å². The first-order chi connectivity index (χ1) is 10.1. The molecule has 0 fully saturated rings. The lowest BCUT2D eigenvalue weighted by Crippen LogP contribution is -2.08. The monoisotopic (exact) mass is 362 g/mol. The number of carbonyl (C=O) groups excluding carboxylic acids is 1. The van der Waals surface area contributed by atoms with Gasteiger partial charge >= 0.3 is 0 Å². The predicted octanol–water partition coefficient (Wildman–Crippen LogP) is 5.44. The van der Waals surface area contributed by atoms with Gasteiger partial charge in [-0.3, -0.25) is 4.79 Å². The first kappa shape index (κ1) is 18.8. The number of hydrogen-bond acceptors (Lipinski definition) is 5. The molecule has 1 rings (SSSR count). The normalized spacial score (nSPS) is 12.0. The van der Waals surface area contributed by atoms with E-state index in [0.717, 1.165) is 12.2 Å². The van der Waals surface area contributed by atoms with Gasteiger partial charge in [-0.15, -0.1) is 11.8 Å². The van der Waals surface area contributed by atoms with Crippen LogP contribution in [-0.2, 0) is 4.74 Å². The van der Waals surface area contributed by atoms with Crippen LogP contribution in [0.5, 0.6) is 0 Å². The number of ether oxygens (including phenoxy) is 1. The minimum absolute atomic E-state index is 0.135. The second-order valence-corrected chi connectivity index (χ2v) is 8.17. The van der Waals surface area contributed by atoms with E-state index in [1.54, 1.807) is 36.0 Å². The van der Waals surface area contributed by atoms with Crippen LogP contribution in [0.3, 0.4) is 0 Å². The number of hydrogen-bond donors (Lipinski definition) is 0. The Bertz CT molecular complexity index is 462. The van der Waals surface area contributed by atoms with Gasteiger partial charge in [-0.05, 0) is 55.6 Å². The Kier molecular flexibility index (Phi) is 9.40.